The van der Waals surface area contributed by atoms with Crippen LogP contribution >= 0.6 is 11.6 Å². The molecule has 0 fully saturated rings. The van der Waals surface area contributed by atoms with Gasteiger partial charge < -0.3 is 9.84 Å². The largest absolute Gasteiger partial charge is 0.495 e. The number of aryl methyl sites for hydroxylation is 1. The van der Waals surface area contributed by atoms with Crippen molar-refractivity contribution in [2.45, 2.75) is 19.8 Å². The highest BCUT2D eigenvalue weighted by Gasteiger charge is 2.18. The number of ether oxygens (including phenoxy) is 1. The maximum atomic E-state index is 11.1. The van der Waals surface area contributed by atoms with E-state index in [0.29, 0.717) is 22.0 Å². The van der Waals surface area contributed by atoms with E-state index in [1.54, 1.807) is 26.2 Å². The topological polar surface area (TPSA) is 59.4 Å². The highest BCUT2D eigenvalue weighted by Crippen LogP contribution is 2.31. The maximum Gasteiger partial charge on any atom is 0.312 e. The molecule has 4 nitrogen and oxygen atoms in total. The molecule has 0 bridgehead atoms. The number of rotatable bonds is 3. The molecule has 0 spiro atoms. The number of methoxy groups -OCH3 is 1. The smallest absolute Gasteiger partial charge is 0.312 e. The first kappa shape index (κ1) is 13.6. The van der Waals surface area contributed by atoms with E-state index in [2.05, 4.69) is 4.98 Å². The Balaban J connectivity index is 2.66. The Morgan fingerprint density at radius 3 is 2.68 bits per heavy atom. The number of carboxylic acid groups (broad SMARTS) is 1. The molecular formula is C14H14ClNO3. The molecule has 1 aromatic heterocycles. The van der Waals surface area contributed by atoms with Crippen LogP contribution in [0.2, 0.25) is 5.02 Å². The zero-order valence-corrected chi connectivity index (χ0v) is 11.7. The molecule has 5 heteroatoms. The number of aliphatic carboxylic acids is 1. The number of halogens is 1. The van der Waals surface area contributed by atoms with Gasteiger partial charge in [0.1, 0.15) is 5.75 Å². The van der Waals surface area contributed by atoms with Crippen LogP contribution in [0, 0.1) is 6.92 Å². The second kappa shape index (κ2) is 5.05. The van der Waals surface area contributed by atoms with E-state index >= 15 is 0 Å². The molecule has 19 heavy (non-hydrogen) atoms. The summed E-state index contributed by atoms with van der Waals surface area (Å²) in [6, 6.07) is 5.38. The van der Waals surface area contributed by atoms with Gasteiger partial charge in [-0.05, 0) is 37.6 Å². The van der Waals surface area contributed by atoms with Gasteiger partial charge >= 0.3 is 5.97 Å². The first-order valence-electron chi connectivity index (χ1n) is 5.81. The molecule has 1 atom stereocenters. The molecule has 0 radical (unpaired) electrons. The fourth-order valence-corrected chi connectivity index (χ4v) is 2.24. The first-order valence-corrected chi connectivity index (χ1v) is 6.19. The summed E-state index contributed by atoms with van der Waals surface area (Å²) in [4.78, 5) is 15.5. The Kier molecular flexibility index (Phi) is 3.62. The molecule has 0 saturated heterocycles. The van der Waals surface area contributed by atoms with Gasteiger partial charge in [0.25, 0.3) is 0 Å². The lowest BCUT2D eigenvalue weighted by molar-refractivity contribution is -0.138. The molecule has 1 N–H and O–H groups in total. The Hall–Kier alpha value is -1.81. The Bertz CT molecular complexity index is 655. The van der Waals surface area contributed by atoms with E-state index in [1.807, 2.05) is 13.0 Å². The maximum absolute atomic E-state index is 11.1. The van der Waals surface area contributed by atoms with Crippen LogP contribution in [0.1, 0.15) is 24.1 Å². The Morgan fingerprint density at radius 1 is 1.42 bits per heavy atom. The number of hydrogen-bond donors (Lipinski definition) is 1. The molecule has 0 amide bonds. The predicted molar refractivity (Wildman–Crippen MR) is 74.1 cm³/mol. The number of carboxylic acids is 1. The number of carbonyl (C=O) groups is 1. The van der Waals surface area contributed by atoms with Gasteiger partial charge in [-0.1, -0.05) is 11.6 Å². The Labute approximate surface area is 116 Å². The summed E-state index contributed by atoms with van der Waals surface area (Å²) in [7, 11) is 1.55. The summed E-state index contributed by atoms with van der Waals surface area (Å²) >= 11 is 6.06. The number of nitrogens with zero attached hydrogens (tertiary/aromatic N) is 1. The van der Waals surface area contributed by atoms with E-state index in [0.717, 1.165) is 10.9 Å². The zero-order valence-electron chi connectivity index (χ0n) is 10.9. The van der Waals surface area contributed by atoms with Gasteiger partial charge in [0.05, 0.1) is 29.3 Å². The highest BCUT2D eigenvalue weighted by molar-refractivity contribution is 6.32. The van der Waals surface area contributed by atoms with Crippen LogP contribution in [0.3, 0.4) is 0 Å². The fraction of sp³-hybridized carbons (Fsp3) is 0.286. The monoisotopic (exact) mass is 279 g/mol. The van der Waals surface area contributed by atoms with Crippen molar-refractivity contribution in [3.05, 3.63) is 34.5 Å². The lowest BCUT2D eigenvalue weighted by Gasteiger charge is -2.12. The normalized spacial score (nSPS) is 12.4. The molecule has 0 aliphatic carbocycles. The van der Waals surface area contributed by atoms with Gasteiger partial charge in [-0.2, -0.15) is 0 Å². The molecule has 100 valence electrons. The van der Waals surface area contributed by atoms with Crippen molar-refractivity contribution in [3.63, 3.8) is 0 Å². The van der Waals surface area contributed by atoms with Gasteiger partial charge in [-0.25, -0.2) is 0 Å². The summed E-state index contributed by atoms with van der Waals surface area (Å²) in [5.41, 5.74) is 2.06. The predicted octanol–water partition coefficient (Wildman–Crippen LogP) is 3.39. The van der Waals surface area contributed by atoms with Crippen LogP contribution in [0.15, 0.2) is 18.2 Å². The van der Waals surface area contributed by atoms with Gasteiger partial charge in [0.2, 0.25) is 0 Å². The number of hydrogen-bond acceptors (Lipinski definition) is 3. The van der Waals surface area contributed by atoms with E-state index in [4.69, 9.17) is 21.4 Å². The van der Waals surface area contributed by atoms with Gasteiger partial charge in [-0.15, -0.1) is 0 Å². The van der Waals surface area contributed by atoms with Gasteiger partial charge in [0.15, 0.2) is 0 Å². The van der Waals surface area contributed by atoms with Crippen molar-refractivity contribution >= 4 is 28.5 Å². The minimum absolute atomic E-state index is 0.459. The minimum atomic E-state index is -0.894. The average Bonchev–Trinajstić information content (AvgIpc) is 2.37. The van der Waals surface area contributed by atoms with E-state index < -0.39 is 11.9 Å². The van der Waals surface area contributed by atoms with E-state index in [9.17, 15) is 4.79 Å². The van der Waals surface area contributed by atoms with Crippen LogP contribution in [0.25, 0.3) is 10.9 Å². The van der Waals surface area contributed by atoms with Crippen LogP contribution in [0.4, 0.5) is 0 Å². The number of aromatic nitrogens is 1. The molecule has 0 aliphatic heterocycles. The van der Waals surface area contributed by atoms with Crippen molar-refractivity contribution in [1.82, 2.24) is 4.98 Å². The van der Waals surface area contributed by atoms with Gasteiger partial charge in [-0.3, -0.25) is 9.78 Å². The lowest BCUT2D eigenvalue weighted by atomic mass is 10.0. The Morgan fingerprint density at radius 2 is 2.11 bits per heavy atom. The average molecular weight is 280 g/mol. The lowest BCUT2D eigenvalue weighted by Crippen LogP contribution is -2.11. The molecule has 1 unspecified atom stereocenters. The summed E-state index contributed by atoms with van der Waals surface area (Å²) in [6.07, 6.45) is 0. The second-order valence-corrected chi connectivity index (χ2v) is 4.84. The summed E-state index contributed by atoms with van der Waals surface area (Å²) in [5.74, 6) is -0.964. The molecular weight excluding hydrogens is 266 g/mol. The molecule has 2 aromatic rings. The van der Waals surface area contributed by atoms with Crippen molar-refractivity contribution in [2.24, 2.45) is 0 Å². The van der Waals surface area contributed by atoms with Crippen molar-refractivity contribution in [1.29, 1.82) is 0 Å². The van der Waals surface area contributed by atoms with Crippen molar-refractivity contribution < 1.29 is 14.6 Å². The molecule has 1 heterocycles. The number of pyridine rings is 1. The van der Waals surface area contributed by atoms with Crippen LogP contribution in [0.5, 0.6) is 5.75 Å². The SMILES string of the molecule is COc1cc2cc(C)c(C(C)C(=O)O)nc2cc1Cl. The molecule has 2 rings (SSSR count). The molecule has 1 aromatic carbocycles. The third-order valence-electron chi connectivity index (χ3n) is 3.10. The third kappa shape index (κ3) is 2.49. The van der Waals surface area contributed by atoms with Crippen LogP contribution in [-0.4, -0.2) is 23.2 Å². The quantitative estimate of drug-likeness (QED) is 0.935. The van der Waals surface area contributed by atoms with E-state index in [-0.39, 0.29) is 0 Å². The summed E-state index contributed by atoms with van der Waals surface area (Å²) in [6.45, 7) is 3.47. The highest BCUT2D eigenvalue weighted by atomic mass is 35.5. The van der Waals surface area contributed by atoms with Crippen molar-refractivity contribution in [3.8, 4) is 5.75 Å². The standard InChI is InChI=1S/C14H14ClNO3/c1-7-4-9-5-12(19-3)10(15)6-11(9)16-13(7)8(2)14(17)18/h4-6,8H,1-3H3,(H,17,18). The van der Waals surface area contributed by atoms with Crippen LogP contribution < -0.4 is 4.74 Å². The fourth-order valence-electron chi connectivity index (χ4n) is 2.01. The van der Waals surface area contributed by atoms with E-state index in [1.165, 1.54) is 0 Å². The zero-order chi connectivity index (χ0) is 14.2. The molecule has 0 saturated carbocycles. The summed E-state index contributed by atoms with van der Waals surface area (Å²) in [5, 5.41) is 10.4. The second-order valence-electron chi connectivity index (χ2n) is 4.43. The molecule has 0 aliphatic rings. The third-order valence-corrected chi connectivity index (χ3v) is 3.39. The van der Waals surface area contributed by atoms with Crippen molar-refractivity contribution in [2.75, 3.05) is 7.11 Å². The van der Waals surface area contributed by atoms with Gasteiger partial charge in [0, 0.05) is 5.39 Å². The minimum Gasteiger partial charge on any atom is -0.495 e. The van der Waals surface area contributed by atoms with Crippen LogP contribution in [-0.2, 0) is 4.79 Å². The first-order chi connectivity index (χ1) is 8.93. The number of benzene rings is 1. The summed E-state index contributed by atoms with van der Waals surface area (Å²) < 4.78 is 5.16. The number of fused-ring (bicyclic) bond motifs is 1.